The molecular weight excluding hydrogens is 219 g/mol. The molecule has 0 radical (unpaired) electrons. The number of morpholine rings is 1. The fourth-order valence-corrected chi connectivity index (χ4v) is 2.05. The summed E-state index contributed by atoms with van der Waals surface area (Å²) in [5, 5.41) is 0. The van der Waals surface area contributed by atoms with E-state index in [1.807, 2.05) is 6.07 Å². The molecule has 1 saturated heterocycles. The van der Waals surface area contributed by atoms with Gasteiger partial charge in [-0.3, -0.25) is 4.90 Å². The van der Waals surface area contributed by atoms with Gasteiger partial charge in [-0.15, -0.1) is 0 Å². The highest BCUT2D eigenvalue weighted by atomic mass is 19.1. The topological polar surface area (TPSA) is 38.5 Å². The summed E-state index contributed by atoms with van der Waals surface area (Å²) in [6.45, 7) is 4.48. The first-order valence-electron chi connectivity index (χ1n) is 6.07. The number of hydrogen-bond donors (Lipinski definition) is 1. The van der Waals surface area contributed by atoms with Crippen LogP contribution in [0.3, 0.4) is 0 Å². The molecule has 94 valence electrons. The summed E-state index contributed by atoms with van der Waals surface area (Å²) < 4.78 is 18.3. The molecule has 1 fully saturated rings. The Labute approximate surface area is 101 Å². The van der Waals surface area contributed by atoms with Crippen molar-refractivity contribution in [2.24, 2.45) is 5.73 Å². The molecule has 1 aromatic rings. The van der Waals surface area contributed by atoms with E-state index in [9.17, 15) is 4.39 Å². The van der Waals surface area contributed by atoms with Crippen molar-refractivity contribution in [3.05, 3.63) is 35.6 Å². The molecule has 1 unspecified atom stereocenters. The van der Waals surface area contributed by atoms with Crippen LogP contribution < -0.4 is 5.73 Å². The lowest BCUT2D eigenvalue weighted by Gasteiger charge is -2.27. The van der Waals surface area contributed by atoms with Gasteiger partial charge in [0, 0.05) is 25.7 Å². The number of nitrogens with zero attached hydrogens (tertiary/aromatic N) is 1. The van der Waals surface area contributed by atoms with Crippen LogP contribution in [0, 0.1) is 5.82 Å². The molecule has 4 heteroatoms. The van der Waals surface area contributed by atoms with Crippen LogP contribution in [-0.2, 0) is 4.74 Å². The average Bonchev–Trinajstić information content (AvgIpc) is 2.37. The Kier molecular flexibility index (Phi) is 4.48. The second-order valence-corrected chi connectivity index (χ2v) is 4.40. The fourth-order valence-electron chi connectivity index (χ4n) is 2.05. The first kappa shape index (κ1) is 12.5. The van der Waals surface area contributed by atoms with Gasteiger partial charge in [0.25, 0.3) is 0 Å². The molecule has 0 spiro atoms. The number of ether oxygens (including phenoxy) is 1. The van der Waals surface area contributed by atoms with Crippen molar-refractivity contribution >= 4 is 0 Å². The quantitative estimate of drug-likeness (QED) is 0.865. The van der Waals surface area contributed by atoms with Crippen LogP contribution in [-0.4, -0.2) is 37.7 Å². The van der Waals surface area contributed by atoms with Gasteiger partial charge in [0.2, 0.25) is 0 Å². The summed E-state index contributed by atoms with van der Waals surface area (Å²) >= 11 is 0. The maximum atomic E-state index is 13.0. The van der Waals surface area contributed by atoms with Crippen molar-refractivity contribution in [2.75, 3.05) is 32.8 Å². The Morgan fingerprint density at radius 1 is 1.35 bits per heavy atom. The van der Waals surface area contributed by atoms with E-state index in [0.717, 1.165) is 44.8 Å². The molecule has 0 aromatic heterocycles. The standard InChI is InChI=1S/C13H19FN2O/c14-12-3-1-2-11(10-12)13(15)4-5-16-6-8-17-9-7-16/h1-3,10,13H,4-9,15H2. The van der Waals surface area contributed by atoms with Crippen molar-refractivity contribution in [1.29, 1.82) is 0 Å². The van der Waals surface area contributed by atoms with Crippen LogP contribution in [0.1, 0.15) is 18.0 Å². The van der Waals surface area contributed by atoms with Crippen LogP contribution in [0.15, 0.2) is 24.3 Å². The third-order valence-corrected chi connectivity index (χ3v) is 3.14. The van der Waals surface area contributed by atoms with Gasteiger partial charge >= 0.3 is 0 Å². The minimum absolute atomic E-state index is 0.0893. The van der Waals surface area contributed by atoms with Gasteiger partial charge in [0.1, 0.15) is 5.82 Å². The van der Waals surface area contributed by atoms with Gasteiger partial charge in [-0.05, 0) is 24.1 Å². The summed E-state index contributed by atoms with van der Waals surface area (Å²) in [6, 6.07) is 6.46. The summed E-state index contributed by atoms with van der Waals surface area (Å²) in [7, 11) is 0. The molecule has 1 atom stereocenters. The van der Waals surface area contributed by atoms with E-state index in [1.54, 1.807) is 6.07 Å². The van der Waals surface area contributed by atoms with Gasteiger partial charge in [0.05, 0.1) is 13.2 Å². The van der Waals surface area contributed by atoms with Crippen LogP contribution >= 0.6 is 0 Å². The second kappa shape index (κ2) is 6.10. The highest BCUT2D eigenvalue weighted by molar-refractivity contribution is 5.19. The molecule has 1 heterocycles. The Bertz CT molecular complexity index is 353. The number of halogens is 1. The predicted molar refractivity (Wildman–Crippen MR) is 65.2 cm³/mol. The lowest BCUT2D eigenvalue weighted by molar-refractivity contribution is 0.0366. The second-order valence-electron chi connectivity index (χ2n) is 4.40. The molecule has 1 aromatic carbocycles. The fraction of sp³-hybridized carbons (Fsp3) is 0.538. The first-order valence-corrected chi connectivity index (χ1v) is 6.07. The van der Waals surface area contributed by atoms with Crippen molar-refractivity contribution in [2.45, 2.75) is 12.5 Å². The highest BCUT2D eigenvalue weighted by Crippen LogP contribution is 2.15. The minimum Gasteiger partial charge on any atom is -0.379 e. The molecule has 3 nitrogen and oxygen atoms in total. The molecule has 2 rings (SSSR count). The molecule has 2 N–H and O–H groups in total. The van der Waals surface area contributed by atoms with E-state index in [4.69, 9.17) is 10.5 Å². The molecule has 1 aliphatic rings. The Hall–Kier alpha value is -0.970. The van der Waals surface area contributed by atoms with Crippen LogP contribution in [0.5, 0.6) is 0 Å². The maximum absolute atomic E-state index is 13.0. The summed E-state index contributed by atoms with van der Waals surface area (Å²) in [6.07, 6.45) is 0.851. The Morgan fingerprint density at radius 2 is 2.12 bits per heavy atom. The van der Waals surface area contributed by atoms with Gasteiger partial charge in [-0.25, -0.2) is 4.39 Å². The zero-order valence-corrected chi connectivity index (χ0v) is 9.94. The van der Waals surface area contributed by atoms with Gasteiger partial charge in [-0.1, -0.05) is 12.1 Å². The van der Waals surface area contributed by atoms with Crippen LogP contribution in [0.25, 0.3) is 0 Å². The van der Waals surface area contributed by atoms with E-state index in [0.29, 0.717) is 0 Å². The molecule has 17 heavy (non-hydrogen) atoms. The summed E-state index contributed by atoms with van der Waals surface area (Å²) in [5.74, 6) is -0.218. The van der Waals surface area contributed by atoms with Crippen molar-refractivity contribution in [3.8, 4) is 0 Å². The number of rotatable bonds is 4. The Morgan fingerprint density at radius 3 is 2.82 bits per heavy atom. The van der Waals surface area contributed by atoms with Gasteiger partial charge in [0.15, 0.2) is 0 Å². The zero-order valence-electron chi connectivity index (χ0n) is 9.94. The third-order valence-electron chi connectivity index (χ3n) is 3.14. The molecule has 0 amide bonds. The molecule has 0 bridgehead atoms. The monoisotopic (exact) mass is 238 g/mol. The molecular formula is C13H19FN2O. The molecule has 1 aliphatic heterocycles. The van der Waals surface area contributed by atoms with Gasteiger partial charge in [-0.2, -0.15) is 0 Å². The van der Waals surface area contributed by atoms with E-state index in [2.05, 4.69) is 4.90 Å². The van der Waals surface area contributed by atoms with Crippen molar-refractivity contribution in [1.82, 2.24) is 4.90 Å². The van der Waals surface area contributed by atoms with E-state index in [-0.39, 0.29) is 11.9 Å². The predicted octanol–water partition coefficient (Wildman–Crippen LogP) is 1.55. The number of hydrogen-bond acceptors (Lipinski definition) is 3. The zero-order chi connectivity index (χ0) is 12.1. The van der Waals surface area contributed by atoms with E-state index >= 15 is 0 Å². The largest absolute Gasteiger partial charge is 0.379 e. The third kappa shape index (κ3) is 3.77. The SMILES string of the molecule is NC(CCN1CCOCC1)c1cccc(F)c1. The minimum atomic E-state index is -0.218. The van der Waals surface area contributed by atoms with Crippen LogP contribution in [0.2, 0.25) is 0 Å². The average molecular weight is 238 g/mol. The maximum Gasteiger partial charge on any atom is 0.123 e. The lowest BCUT2D eigenvalue weighted by atomic mass is 10.0. The van der Waals surface area contributed by atoms with Gasteiger partial charge < -0.3 is 10.5 Å². The van der Waals surface area contributed by atoms with Crippen molar-refractivity contribution in [3.63, 3.8) is 0 Å². The van der Waals surface area contributed by atoms with Crippen LogP contribution in [0.4, 0.5) is 4.39 Å². The number of nitrogens with two attached hydrogens (primary N) is 1. The molecule has 0 saturated carbocycles. The highest BCUT2D eigenvalue weighted by Gasteiger charge is 2.13. The summed E-state index contributed by atoms with van der Waals surface area (Å²) in [5.41, 5.74) is 6.93. The lowest BCUT2D eigenvalue weighted by Crippen LogP contribution is -2.37. The first-order chi connectivity index (χ1) is 8.25. The number of benzene rings is 1. The summed E-state index contributed by atoms with van der Waals surface area (Å²) in [4.78, 5) is 2.34. The normalized spacial score (nSPS) is 19.2. The van der Waals surface area contributed by atoms with Crippen molar-refractivity contribution < 1.29 is 9.13 Å². The van der Waals surface area contributed by atoms with E-state index in [1.165, 1.54) is 12.1 Å². The Balaban J connectivity index is 1.82. The molecule has 0 aliphatic carbocycles. The smallest absolute Gasteiger partial charge is 0.123 e. The van der Waals surface area contributed by atoms with E-state index < -0.39 is 0 Å².